The number of nitrogens with one attached hydrogen (secondary N) is 1. The lowest BCUT2D eigenvalue weighted by molar-refractivity contribution is -0.113. The SMILES string of the molecule is CCn1c(SCC(=O)Nc2c(F)cccc2F)nnc1-c1cccc(Cl)c1. The van der Waals surface area contributed by atoms with E-state index in [1.165, 1.54) is 6.07 Å². The average molecular weight is 409 g/mol. The van der Waals surface area contributed by atoms with Gasteiger partial charge in [-0.2, -0.15) is 0 Å². The molecule has 0 saturated heterocycles. The van der Waals surface area contributed by atoms with E-state index < -0.39 is 23.2 Å². The first-order chi connectivity index (χ1) is 13.0. The van der Waals surface area contributed by atoms with E-state index in [-0.39, 0.29) is 5.75 Å². The molecule has 1 aromatic heterocycles. The van der Waals surface area contributed by atoms with E-state index in [2.05, 4.69) is 15.5 Å². The molecule has 0 atom stereocenters. The van der Waals surface area contributed by atoms with Gasteiger partial charge in [-0.3, -0.25) is 4.79 Å². The Balaban J connectivity index is 1.72. The zero-order valence-corrected chi connectivity index (χ0v) is 15.8. The van der Waals surface area contributed by atoms with Crippen molar-refractivity contribution in [3.05, 3.63) is 59.1 Å². The van der Waals surface area contributed by atoms with Gasteiger partial charge in [0.05, 0.1) is 5.75 Å². The van der Waals surface area contributed by atoms with Gasteiger partial charge in [-0.1, -0.05) is 41.6 Å². The maximum absolute atomic E-state index is 13.6. The quantitative estimate of drug-likeness (QED) is 0.604. The standard InChI is InChI=1S/C18H15ClF2N4OS/c1-2-25-17(11-5-3-6-12(19)9-11)23-24-18(25)27-10-15(26)22-16-13(20)7-4-8-14(16)21/h3-9H,2,10H2,1H3,(H,22,26). The van der Waals surface area contributed by atoms with Gasteiger partial charge in [-0.05, 0) is 31.2 Å². The van der Waals surface area contributed by atoms with E-state index in [0.717, 1.165) is 29.5 Å². The smallest absolute Gasteiger partial charge is 0.235 e. The highest BCUT2D eigenvalue weighted by Crippen LogP contribution is 2.26. The molecule has 0 unspecified atom stereocenters. The number of rotatable bonds is 6. The molecule has 1 N–H and O–H groups in total. The molecule has 2 aromatic carbocycles. The summed E-state index contributed by atoms with van der Waals surface area (Å²) in [5.41, 5.74) is 0.348. The van der Waals surface area contributed by atoms with Crippen molar-refractivity contribution < 1.29 is 13.6 Å². The van der Waals surface area contributed by atoms with Crippen molar-refractivity contribution in [3.8, 4) is 11.4 Å². The predicted molar refractivity (Wildman–Crippen MR) is 102 cm³/mol. The Kier molecular flexibility index (Phi) is 6.08. The topological polar surface area (TPSA) is 59.8 Å². The highest BCUT2D eigenvalue weighted by Gasteiger charge is 2.16. The Morgan fingerprint density at radius 3 is 2.56 bits per heavy atom. The minimum absolute atomic E-state index is 0.0680. The minimum Gasteiger partial charge on any atom is -0.320 e. The molecule has 1 amide bonds. The fourth-order valence-corrected chi connectivity index (χ4v) is 3.44. The van der Waals surface area contributed by atoms with E-state index in [1.807, 2.05) is 23.6 Å². The van der Waals surface area contributed by atoms with Crippen molar-refractivity contribution in [2.75, 3.05) is 11.1 Å². The number of nitrogens with zero attached hydrogens (tertiary/aromatic N) is 3. The molecule has 0 radical (unpaired) electrons. The highest BCUT2D eigenvalue weighted by molar-refractivity contribution is 7.99. The Morgan fingerprint density at radius 1 is 1.19 bits per heavy atom. The third-order valence-electron chi connectivity index (χ3n) is 3.68. The number of aromatic nitrogens is 3. The normalized spacial score (nSPS) is 10.8. The Labute approximate surface area is 163 Å². The molecular formula is C18H15ClF2N4OS. The molecule has 1 heterocycles. The number of thioether (sulfide) groups is 1. The summed E-state index contributed by atoms with van der Waals surface area (Å²) >= 11 is 7.16. The van der Waals surface area contributed by atoms with Crippen molar-refractivity contribution in [1.29, 1.82) is 0 Å². The second-order valence-electron chi connectivity index (χ2n) is 5.49. The molecule has 0 bridgehead atoms. The summed E-state index contributed by atoms with van der Waals surface area (Å²) in [5.74, 6) is -1.63. The molecule has 140 valence electrons. The highest BCUT2D eigenvalue weighted by atomic mass is 35.5. The van der Waals surface area contributed by atoms with Crippen molar-refractivity contribution in [1.82, 2.24) is 14.8 Å². The van der Waals surface area contributed by atoms with Gasteiger partial charge >= 0.3 is 0 Å². The lowest BCUT2D eigenvalue weighted by atomic mass is 10.2. The molecule has 0 aliphatic carbocycles. The summed E-state index contributed by atoms with van der Waals surface area (Å²) in [6.45, 7) is 2.51. The lowest BCUT2D eigenvalue weighted by Gasteiger charge is -2.09. The van der Waals surface area contributed by atoms with Crippen LogP contribution in [0.3, 0.4) is 0 Å². The van der Waals surface area contributed by atoms with Crippen molar-refractivity contribution >= 4 is 35.0 Å². The Bertz CT molecular complexity index is 959. The van der Waals surface area contributed by atoms with Gasteiger partial charge < -0.3 is 9.88 Å². The third kappa shape index (κ3) is 4.45. The van der Waals surface area contributed by atoms with Crippen LogP contribution in [0.25, 0.3) is 11.4 Å². The van der Waals surface area contributed by atoms with E-state index in [0.29, 0.717) is 22.5 Å². The van der Waals surface area contributed by atoms with Crippen LogP contribution in [0, 0.1) is 11.6 Å². The first-order valence-corrected chi connectivity index (χ1v) is 9.41. The number of carbonyl (C=O) groups is 1. The molecule has 3 aromatic rings. The zero-order valence-electron chi connectivity index (χ0n) is 14.2. The Hall–Kier alpha value is -2.45. The van der Waals surface area contributed by atoms with Gasteiger partial charge in [0.1, 0.15) is 17.3 Å². The molecular weight excluding hydrogens is 394 g/mol. The molecule has 9 heteroatoms. The maximum atomic E-state index is 13.6. The van der Waals surface area contributed by atoms with Crippen LogP contribution >= 0.6 is 23.4 Å². The Morgan fingerprint density at radius 2 is 1.89 bits per heavy atom. The number of hydrogen-bond donors (Lipinski definition) is 1. The van der Waals surface area contributed by atoms with Gasteiger partial charge in [0.15, 0.2) is 11.0 Å². The molecule has 0 saturated carbocycles. The number of amides is 1. The number of anilines is 1. The molecule has 0 fully saturated rings. The van der Waals surface area contributed by atoms with Crippen molar-refractivity contribution in [2.45, 2.75) is 18.6 Å². The number of benzene rings is 2. The second kappa shape index (κ2) is 8.49. The molecule has 0 spiro atoms. The lowest BCUT2D eigenvalue weighted by Crippen LogP contribution is -2.16. The van der Waals surface area contributed by atoms with Crippen LogP contribution in [0.5, 0.6) is 0 Å². The van der Waals surface area contributed by atoms with Crippen LogP contribution in [0.15, 0.2) is 47.6 Å². The predicted octanol–water partition coefficient (Wildman–Crippen LogP) is 4.63. The van der Waals surface area contributed by atoms with E-state index in [1.54, 1.807) is 12.1 Å². The van der Waals surface area contributed by atoms with E-state index >= 15 is 0 Å². The van der Waals surface area contributed by atoms with Crippen molar-refractivity contribution in [2.24, 2.45) is 0 Å². The molecule has 27 heavy (non-hydrogen) atoms. The first kappa shape index (κ1) is 19.3. The van der Waals surface area contributed by atoms with Gasteiger partial charge in [0.25, 0.3) is 0 Å². The fraction of sp³-hybridized carbons (Fsp3) is 0.167. The van der Waals surface area contributed by atoms with Crippen LogP contribution in [-0.2, 0) is 11.3 Å². The van der Waals surface area contributed by atoms with Crippen LogP contribution in [0.4, 0.5) is 14.5 Å². The van der Waals surface area contributed by atoms with E-state index in [4.69, 9.17) is 11.6 Å². The van der Waals surface area contributed by atoms with E-state index in [9.17, 15) is 13.6 Å². The average Bonchev–Trinajstić information content (AvgIpc) is 3.06. The molecule has 0 aliphatic rings. The van der Waals surface area contributed by atoms with Gasteiger partial charge in [-0.15, -0.1) is 10.2 Å². The summed E-state index contributed by atoms with van der Waals surface area (Å²) in [6, 6.07) is 10.6. The first-order valence-electron chi connectivity index (χ1n) is 8.05. The van der Waals surface area contributed by atoms with Gasteiger partial charge in [-0.25, -0.2) is 8.78 Å². The number of carbonyl (C=O) groups excluding carboxylic acids is 1. The zero-order chi connectivity index (χ0) is 19.4. The third-order valence-corrected chi connectivity index (χ3v) is 4.88. The minimum atomic E-state index is -0.826. The van der Waals surface area contributed by atoms with Crippen LogP contribution < -0.4 is 5.32 Å². The molecule has 3 rings (SSSR count). The summed E-state index contributed by atoms with van der Waals surface area (Å²) in [5, 5.41) is 11.6. The molecule has 0 aliphatic heterocycles. The monoisotopic (exact) mass is 408 g/mol. The van der Waals surface area contributed by atoms with Crippen LogP contribution in [0.2, 0.25) is 5.02 Å². The van der Waals surface area contributed by atoms with Crippen molar-refractivity contribution in [3.63, 3.8) is 0 Å². The maximum Gasteiger partial charge on any atom is 0.235 e. The number of halogens is 3. The number of hydrogen-bond acceptors (Lipinski definition) is 4. The summed E-state index contributed by atoms with van der Waals surface area (Å²) < 4.78 is 29.1. The van der Waals surface area contributed by atoms with Crippen LogP contribution in [0.1, 0.15) is 6.92 Å². The van der Waals surface area contributed by atoms with Gasteiger partial charge in [0.2, 0.25) is 5.91 Å². The summed E-state index contributed by atoms with van der Waals surface area (Å²) in [7, 11) is 0. The largest absolute Gasteiger partial charge is 0.320 e. The summed E-state index contributed by atoms with van der Waals surface area (Å²) in [6.07, 6.45) is 0. The van der Waals surface area contributed by atoms with Gasteiger partial charge in [0, 0.05) is 17.1 Å². The molecule has 5 nitrogen and oxygen atoms in total. The van der Waals surface area contributed by atoms with Crippen LogP contribution in [-0.4, -0.2) is 26.4 Å². The summed E-state index contributed by atoms with van der Waals surface area (Å²) in [4.78, 5) is 12.1. The second-order valence-corrected chi connectivity index (χ2v) is 6.87. The number of para-hydroxylation sites is 1. The fourth-order valence-electron chi connectivity index (χ4n) is 2.44.